The summed E-state index contributed by atoms with van der Waals surface area (Å²) in [6.07, 6.45) is 2.81. The van der Waals surface area contributed by atoms with Gasteiger partial charge in [0.2, 0.25) is 5.91 Å². The Morgan fingerprint density at radius 3 is 2.55 bits per heavy atom. The normalized spacial score (nSPS) is 18.6. The lowest BCUT2D eigenvalue weighted by molar-refractivity contribution is -0.129. The second kappa shape index (κ2) is 9.32. The molecule has 1 aliphatic heterocycles. The molecule has 2 N–H and O–H groups in total. The van der Waals surface area contributed by atoms with Crippen LogP contribution in [0.2, 0.25) is 0 Å². The van der Waals surface area contributed by atoms with Crippen molar-refractivity contribution in [2.45, 2.75) is 52.2 Å². The van der Waals surface area contributed by atoms with E-state index in [-0.39, 0.29) is 12.0 Å². The number of carbonyl (C=O) groups is 1. The van der Waals surface area contributed by atoms with Crippen LogP contribution in [0.1, 0.15) is 40.0 Å². The Hall–Kier alpha value is -0.650. The zero-order valence-electron chi connectivity index (χ0n) is 13.1. The number of likely N-dealkylation sites (tertiary alicyclic amines) is 1. The summed E-state index contributed by atoms with van der Waals surface area (Å²) in [4.78, 5) is 13.6. The maximum Gasteiger partial charge on any atom is 0.236 e. The largest absolute Gasteiger partial charge is 0.389 e. The number of aliphatic hydroxyl groups is 1. The molecule has 2 atom stereocenters. The molecule has 1 aliphatic rings. The van der Waals surface area contributed by atoms with Gasteiger partial charge < -0.3 is 20.1 Å². The SMILES string of the molecule is CC(C)CC(C)OCC(O)CNCC(=O)N1CCCC1. The monoisotopic (exact) mass is 286 g/mol. The molecule has 1 amide bonds. The number of carbonyl (C=O) groups excluding carboxylic acids is 1. The summed E-state index contributed by atoms with van der Waals surface area (Å²) in [6, 6.07) is 0. The van der Waals surface area contributed by atoms with Crippen molar-refractivity contribution in [1.29, 1.82) is 0 Å². The topological polar surface area (TPSA) is 61.8 Å². The first kappa shape index (κ1) is 17.4. The van der Waals surface area contributed by atoms with Crippen LogP contribution in [0.25, 0.3) is 0 Å². The van der Waals surface area contributed by atoms with Crippen LogP contribution in [-0.2, 0) is 9.53 Å². The molecule has 2 unspecified atom stereocenters. The molecule has 0 saturated carbocycles. The highest BCUT2D eigenvalue weighted by Gasteiger charge is 2.17. The molecule has 0 radical (unpaired) electrons. The van der Waals surface area contributed by atoms with Crippen LogP contribution < -0.4 is 5.32 Å². The van der Waals surface area contributed by atoms with Crippen molar-refractivity contribution in [1.82, 2.24) is 10.2 Å². The lowest BCUT2D eigenvalue weighted by atomic mass is 10.1. The minimum atomic E-state index is -0.559. The fourth-order valence-corrected chi connectivity index (χ4v) is 2.49. The first-order chi connectivity index (χ1) is 9.49. The third-order valence-corrected chi connectivity index (χ3v) is 3.49. The van der Waals surface area contributed by atoms with E-state index < -0.39 is 6.10 Å². The number of aliphatic hydroxyl groups excluding tert-OH is 1. The van der Waals surface area contributed by atoms with Crippen molar-refractivity contribution in [3.8, 4) is 0 Å². The molecule has 5 nitrogen and oxygen atoms in total. The highest BCUT2D eigenvalue weighted by Crippen LogP contribution is 2.08. The van der Waals surface area contributed by atoms with Crippen LogP contribution in [-0.4, -0.2) is 60.9 Å². The summed E-state index contributed by atoms with van der Waals surface area (Å²) < 4.78 is 5.59. The van der Waals surface area contributed by atoms with Crippen molar-refractivity contribution in [2.24, 2.45) is 5.92 Å². The third-order valence-electron chi connectivity index (χ3n) is 3.49. The maximum atomic E-state index is 11.8. The van der Waals surface area contributed by atoms with Gasteiger partial charge in [-0.2, -0.15) is 0 Å². The molecule has 20 heavy (non-hydrogen) atoms. The van der Waals surface area contributed by atoms with Crippen molar-refractivity contribution >= 4 is 5.91 Å². The molecule has 0 spiro atoms. The van der Waals surface area contributed by atoms with E-state index in [4.69, 9.17) is 4.74 Å². The smallest absolute Gasteiger partial charge is 0.236 e. The quantitative estimate of drug-likeness (QED) is 0.664. The average Bonchev–Trinajstić information content (AvgIpc) is 2.89. The third kappa shape index (κ3) is 7.22. The van der Waals surface area contributed by atoms with Gasteiger partial charge in [0.15, 0.2) is 0 Å². The van der Waals surface area contributed by atoms with Crippen LogP contribution in [0.5, 0.6) is 0 Å². The molecule has 118 valence electrons. The predicted octanol–water partition coefficient (Wildman–Crippen LogP) is 1.01. The van der Waals surface area contributed by atoms with E-state index in [9.17, 15) is 9.90 Å². The van der Waals surface area contributed by atoms with Crippen molar-refractivity contribution < 1.29 is 14.6 Å². The van der Waals surface area contributed by atoms with E-state index in [0.29, 0.717) is 25.6 Å². The highest BCUT2D eigenvalue weighted by molar-refractivity contribution is 5.78. The maximum absolute atomic E-state index is 11.8. The number of rotatable bonds is 9. The number of amides is 1. The van der Waals surface area contributed by atoms with Crippen LogP contribution in [0.15, 0.2) is 0 Å². The van der Waals surface area contributed by atoms with Gasteiger partial charge in [0, 0.05) is 19.6 Å². The van der Waals surface area contributed by atoms with Gasteiger partial charge in [-0.05, 0) is 32.1 Å². The number of hydrogen-bond acceptors (Lipinski definition) is 4. The Morgan fingerprint density at radius 1 is 1.30 bits per heavy atom. The van der Waals surface area contributed by atoms with E-state index in [2.05, 4.69) is 19.2 Å². The van der Waals surface area contributed by atoms with Gasteiger partial charge in [-0.3, -0.25) is 4.79 Å². The van der Waals surface area contributed by atoms with Gasteiger partial charge in [-0.1, -0.05) is 13.8 Å². The molecule has 1 heterocycles. The molecular weight excluding hydrogens is 256 g/mol. The van der Waals surface area contributed by atoms with E-state index in [1.165, 1.54) is 0 Å². The summed E-state index contributed by atoms with van der Waals surface area (Å²) in [5.41, 5.74) is 0. The summed E-state index contributed by atoms with van der Waals surface area (Å²) in [6.45, 7) is 9.10. The molecule has 0 bridgehead atoms. The molecule has 0 aromatic heterocycles. The van der Waals surface area contributed by atoms with Crippen LogP contribution in [0.4, 0.5) is 0 Å². The Balaban J connectivity index is 2.04. The van der Waals surface area contributed by atoms with E-state index in [1.54, 1.807) is 0 Å². The summed E-state index contributed by atoms with van der Waals surface area (Å²) in [5, 5.41) is 12.8. The standard InChI is InChI=1S/C15H30N2O3/c1-12(2)8-13(3)20-11-14(18)9-16-10-15(19)17-6-4-5-7-17/h12-14,16,18H,4-11H2,1-3H3. The van der Waals surface area contributed by atoms with E-state index >= 15 is 0 Å². The van der Waals surface area contributed by atoms with Gasteiger partial charge in [0.1, 0.15) is 0 Å². The lowest BCUT2D eigenvalue weighted by Crippen LogP contribution is -2.40. The summed E-state index contributed by atoms with van der Waals surface area (Å²) in [7, 11) is 0. The minimum Gasteiger partial charge on any atom is -0.389 e. The van der Waals surface area contributed by atoms with Crippen molar-refractivity contribution in [3.63, 3.8) is 0 Å². The Morgan fingerprint density at radius 2 is 1.95 bits per heavy atom. The van der Waals surface area contributed by atoms with Gasteiger partial charge in [-0.25, -0.2) is 0 Å². The Labute approximate surface area is 122 Å². The molecule has 5 heteroatoms. The van der Waals surface area contributed by atoms with Crippen molar-refractivity contribution in [3.05, 3.63) is 0 Å². The Bertz CT molecular complexity index is 278. The zero-order valence-corrected chi connectivity index (χ0v) is 13.1. The molecule has 1 rings (SSSR count). The summed E-state index contributed by atoms with van der Waals surface area (Å²) in [5.74, 6) is 0.724. The fourth-order valence-electron chi connectivity index (χ4n) is 2.49. The number of nitrogens with zero attached hydrogens (tertiary/aromatic N) is 1. The average molecular weight is 286 g/mol. The van der Waals surface area contributed by atoms with Gasteiger partial charge >= 0.3 is 0 Å². The summed E-state index contributed by atoms with van der Waals surface area (Å²) >= 11 is 0. The van der Waals surface area contributed by atoms with Crippen LogP contribution in [0, 0.1) is 5.92 Å². The first-order valence-corrected chi connectivity index (χ1v) is 7.77. The molecule has 0 aromatic rings. The van der Waals surface area contributed by atoms with Crippen LogP contribution in [0.3, 0.4) is 0 Å². The number of ether oxygens (including phenoxy) is 1. The van der Waals surface area contributed by atoms with E-state index in [0.717, 1.165) is 32.4 Å². The minimum absolute atomic E-state index is 0.129. The fraction of sp³-hybridized carbons (Fsp3) is 0.933. The van der Waals surface area contributed by atoms with Gasteiger partial charge in [-0.15, -0.1) is 0 Å². The van der Waals surface area contributed by atoms with Gasteiger partial charge in [0.25, 0.3) is 0 Å². The number of nitrogens with one attached hydrogen (secondary N) is 1. The second-order valence-electron chi connectivity index (χ2n) is 6.15. The lowest BCUT2D eigenvalue weighted by Gasteiger charge is -2.19. The molecule has 1 fully saturated rings. The number of hydrogen-bond donors (Lipinski definition) is 2. The second-order valence-corrected chi connectivity index (χ2v) is 6.15. The van der Waals surface area contributed by atoms with E-state index in [1.807, 2.05) is 11.8 Å². The Kier molecular flexibility index (Phi) is 8.11. The van der Waals surface area contributed by atoms with Crippen molar-refractivity contribution in [2.75, 3.05) is 32.8 Å². The zero-order chi connectivity index (χ0) is 15.0. The molecule has 0 aromatic carbocycles. The van der Waals surface area contributed by atoms with Crippen LogP contribution >= 0.6 is 0 Å². The molecule has 1 saturated heterocycles. The first-order valence-electron chi connectivity index (χ1n) is 7.77. The highest BCUT2D eigenvalue weighted by atomic mass is 16.5. The van der Waals surface area contributed by atoms with Gasteiger partial charge in [0.05, 0.1) is 25.4 Å². The molecule has 0 aliphatic carbocycles. The molecular formula is C15H30N2O3. The predicted molar refractivity (Wildman–Crippen MR) is 79.6 cm³/mol.